The van der Waals surface area contributed by atoms with Crippen molar-refractivity contribution in [2.45, 2.75) is 76.8 Å². The molecule has 154 valence electrons. The van der Waals surface area contributed by atoms with Crippen molar-refractivity contribution in [3.05, 3.63) is 17.5 Å². The summed E-state index contributed by atoms with van der Waals surface area (Å²) in [5, 5.41) is 10.4. The van der Waals surface area contributed by atoms with E-state index in [-0.39, 0.29) is 29.3 Å². The average Bonchev–Trinajstić information content (AvgIpc) is 3.38. The predicted molar refractivity (Wildman–Crippen MR) is 105 cm³/mol. The first-order valence-corrected chi connectivity index (χ1v) is 10.7. The lowest BCUT2D eigenvalue weighted by Crippen LogP contribution is -2.52. The van der Waals surface area contributed by atoms with E-state index in [2.05, 4.69) is 29.6 Å². The standard InChI is InChI=1S/C21H32N4O3/c1-14-11-16(23-20(27)17-12-18(28-24-17)15-3-4-15)5-10-25(14)19(26)13-21(2)6-8-22-9-7-21/h12,14-16,22H,3-11,13H2,1-2H3,(H,23,27)/t14-,16?/m0/s1. The van der Waals surface area contributed by atoms with Crippen LogP contribution in [-0.4, -0.2) is 53.6 Å². The Morgan fingerprint density at radius 3 is 2.75 bits per heavy atom. The summed E-state index contributed by atoms with van der Waals surface area (Å²) in [7, 11) is 0. The molecule has 2 aliphatic heterocycles. The van der Waals surface area contributed by atoms with E-state index in [1.54, 1.807) is 6.07 Å². The molecule has 3 aliphatic rings. The average molecular weight is 389 g/mol. The van der Waals surface area contributed by atoms with Crippen molar-refractivity contribution in [2.75, 3.05) is 19.6 Å². The summed E-state index contributed by atoms with van der Waals surface area (Å²) in [5.41, 5.74) is 0.478. The van der Waals surface area contributed by atoms with E-state index in [0.717, 1.165) is 57.4 Å². The highest BCUT2D eigenvalue weighted by molar-refractivity contribution is 5.92. The molecule has 0 spiro atoms. The van der Waals surface area contributed by atoms with Gasteiger partial charge in [-0.2, -0.15) is 0 Å². The highest BCUT2D eigenvalue weighted by Gasteiger charge is 2.35. The molecule has 0 aromatic carbocycles. The normalized spacial score (nSPS) is 27.4. The van der Waals surface area contributed by atoms with Crippen molar-refractivity contribution in [3.8, 4) is 0 Å². The first kappa shape index (κ1) is 19.4. The van der Waals surface area contributed by atoms with Crippen LogP contribution in [0.1, 0.15) is 81.0 Å². The summed E-state index contributed by atoms with van der Waals surface area (Å²) in [4.78, 5) is 27.4. The zero-order valence-corrected chi connectivity index (χ0v) is 17.0. The van der Waals surface area contributed by atoms with Crippen LogP contribution in [0.4, 0.5) is 0 Å². The van der Waals surface area contributed by atoms with E-state index in [1.807, 2.05) is 4.90 Å². The van der Waals surface area contributed by atoms with Gasteiger partial charge in [-0.1, -0.05) is 12.1 Å². The Bertz CT molecular complexity index is 721. The number of piperidine rings is 2. The topological polar surface area (TPSA) is 87.5 Å². The summed E-state index contributed by atoms with van der Waals surface area (Å²) < 4.78 is 5.28. The van der Waals surface area contributed by atoms with Crippen LogP contribution < -0.4 is 10.6 Å². The Hall–Kier alpha value is -1.89. The molecule has 3 heterocycles. The SMILES string of the molecule is C[C@H]1CC(NC(=O)c2cc(C3CC3)on2)CCN1C(=O)CC1(C)CCNCC1. The summed E-state index contributed by atoms with van der Waals surface area (Å²) in [6.45, 7) is 7.01. The molecular weight excluding hydrogens is 356 g/mol. The molecule has 1 unspecified atom stereocenters. The first-order valence-electron chi connectivity index (χ1n) is 10.7. The Kier molecular flexibility index (Phi) is 5.45. The van der Waals surface area contributed by atoms with Gasteiger partial charge in [0.25, 0.3) is 5.91 Å². The molecular formula is C21H32N4O3. The molecule has 0 radical (unpaired) electrons. The Morgan fingerprint density at radius 2 is 2.07 bits per heavy atom. The lowest BCUT2D eigenvalue weighted by atomic mass is 9.77. The maximum Gasteiger partial charge on any atom is 0.273 e. The van der Waals surface area contributed by atoms with Crippen molar-refractivity contribution >= 4 is 11.8 Å². The van der Waals surface area contributed by atoms with Gasteiger partial charge in [0.05, 0.1) is 0 Å². The summed E-state index contributed by atoms with van der Waals surface area (Å²) >= 11 is 0. The smallest absolute Gasteiger partial charge is 0.273 e. The first-order chi connectivity index (χ1) is 13.4. The van der Waals surface area contributed by atoms with Crippen molar-refractivity contribution in [1.29, 1.82) is 0 Å². The molecule has 1 saturated carbocycles. The minimum absolute atomic E-state index is 0.0714. The van der Waals surface area contributed by atoms with Gasteiger partial charge in [0.15, 0.2) is 5.69 Å². The molecule has 0 bridgehead atoms. The number of hydrogen-bond acceptors (Lipinski definition) is 5. The van der Waals surface area contributed by atoms with Crippen LogP contribution in [0.15, 0.2) is 10.6 Å². The summed E-state index contributed by atoms with van der Waals surface area (Å²) in [6.07, 6.45) is 6.54. The second-order valence-corrected chi connectivity index (χ2v) is 9.26. The molecule has 2 amide bonds. The largest absolute Gasteiger partial charge is 0.360 e. The van der Waals surface area contributed by atoms with Gasteiger partial charge in [-0.15, -0.1) is 0 Å². The molecule has 2 saturated heterocycles. The van der Waals surface area contributed by atoms with Crippen LogP contribution in [0, 0.1) is 5.41 Å². The van der Waals surface area contributed by atoms with Gasteiger partial charge in [-0.3, -0.25) is 9.59 Å². The van der Waals surface area contributed by atoms with Gasteiger partial charge >= 0.3 is 0 Å². The van der Waals surface area contributed by atoms with Crippen LogP contribution >= 0.6 is 0 Å². The highest BCUT2D eigenvalue weighted by atomic mass is 16.5. The van der Waals surface area contributed by atoms with E-state index >= 15 is 0 Å². The van der Waals surface area contributed by atoms with E-state index in [1.165, 1.54) is 0 Å². The lowest BCUT2D eigenvalue weighted by Gasteiger charge is -2.41. The molecule has 1 aromatic heterocycles. The molecule has 7 nitrogen and oxygen atoms in total. The number of hydrogen-bond donors (Lipinski definition) is 2. The molecule has 1 aliphatic carbocycles. The molecule has 1 aromatic rings. The van der Waals surface area contributed by atoms with E-state index < -0.39 is 0 Å². The number of likely N-dealkylation sites (tertiary alicyclic amines) is 1. The Balaban J connectivity index is 1.28. The van der Waals surface area contributed by atoms with Crippen LogP contribution in [-0.2, 0) is 4.79 Å². The van der Waals surface area contributed by atoms with Crippen molar-refractivity contribution in [1.82, 2.24) is 20.7 Å². The zero-order valence-electron chi connectivity index (χ0n) is 17.0. The van der Waals surface area contributed by atoms with Gasteiger partial charge in [-0.25, -0.2) is 0 Å². The molecule has 2 atom stereocenters. The molecule has 28 heavy (non-hydrogen) atoms. The fourth-order valence-corrected chi connectivity index (χ4v) is 4.56. The lowest BCUT2D eigenvalue weighted by molar-refractivity contribution is -0.137. The molecule has 7 heteroatoms. The van der Waals surface area contributed by atoms with E-state index in [4.69, 9.17) is 4.52 Å². The number of carbonyl (C=O) groups is 2. The highest BCUT2D eigenvalue weighted by Crippen LogP contribution is 2.40. The van der Waals surface area contributed by atoms with Crippen LogP contribution in [0.25, 0.3) is 0 Å². The van der Waals surface area contributed by atoms with Crippen molar-refractivity contribution in [2.24, 2.45) is 5.41 Å². The fraction of sp³-hybridized carbons (Fsp3) is 0.762. The third-order valence-corrected chi connectivity index (χ3v) is 6.66. The second kappa shape index (κ2) is 7.85. The number of nitrogens with zero attached hydrogens (tertiary/aromatic N) is 2. The fourth-order valence-electron chi connectivity index (χ4n) is 4.56. The van der Waals surface area contributed by atoms with Crippen LogP contribution in [0.2, 0.25) is 0 Å². The Labute approximate surface area is 166 Å². The number of amides is 2. The Morgan fingerprint density at radius 1 is 1.32 bits per heavy atom. The molecule has 4 rings (SSSR count). The second-order valence-electron chi connectivity index (χ2n) is 9.26. The summed E-state index contributed by atoms with van der Waals surface area (Å²) in [5.74, 6) is 1.36. The van der Waals surface area contributed by atoms with Crippen LogP contribution in [0.3, 0.4) is 0 Å². The van der Waals surface area contributed by atoms with Gasteiger partial charge in [-0.05, 0) is 64.0 Å². The number of rotatable bonds is 5. The number of nitrogens with one attached hydrogen (secondary N) is 2. The van der Waals surface area contributed by atoms with Crippen molar-refractivity contribution in [3.63, 3.8) is 0 Å². The zero-order chi connectivity index (χ0) is 19.7. The molecule has 3 fully saturated rings. The minimum Gasteiger partial charge on any atom is -0.360 e. The van der Waals surface area contributed by atoms with E-state index in [0.29, 0.717) is 24.6 Å². The van der Waals surface area contributed by atoms with Crippen LogP contribution in [0.5, 0.6) is 0 Å². The maximum atomic E-state index is 12.9. The van der Waals surface area contributed by atoms with E-state index in [9.17, 15) is 9.59 Å². The van der Waals surface area contributed by atoms with Gasteiger partial charge in [0.2, 0.25) is 5.91 Å². The van der Waals surface area contributed by atoms with Gasteiger partial charge < -0.3 is 20.1 Å². The minimum atomic E-state index is -0.171. The third kappa shape index (κ3) is 4.40. The predicted octanol–water partition coefficient (Wildman–Crippen LogP) is 2.44. The summed E-state index contributed by atoms with van der Waals surface area (Å²) in [6, 6.07) is 1.98. The number of aromatic nitrogens is 1. The van der Waals surface area contributed by atoms with Gasteiger partial charge in [0, 0.05) is 37.0 Å². The monoisotopic (exact) mass is 388 g/mol. The maximum absolute atomic E-state index is 12.9. The quantitative estimate of drug-likeness (QED) is 0.809. The van der Waals surface area contributed by atoms with Crippen molar-refractivity contribution < 1.29 is 14.1 Å². The number of carbonyl (C=O) groups excluding carboxylic acids is 2. The molecule has 2 N–H and O–H groups in total. The van der Waals surface area contributed by atoms with Gasteiger partial charge in [0.1, 0.15) is 5.76 Å². The third-order valence-electron chi connectivity index (χ3n) is 6.66.